The van der Waals surface area contributed by atoms with Crippen LogP contribution >= 0.6 is 0 Å². The lowest BCUT2D eigenvalue weighted by atomic mass is 10.1. The molecule has 0 aliphatic rings. The highest BCUT2D eigenvalue weighted by atomic mass is 15.1. The fraction of sp³-hybridized carbons (Fsp3) is 0.500. The Morgan fingerprint density at radius 2 is 1.35 bits per heavy atom. The van der Waals surface area contributed by atoms with Crippen molar-refractivity contribution in [1.29, 1.82) is 0 Å². The molecule has 0 N–H and O–H groups in total. The van der Waals surface area contributed by atoms with Crippen LogP contribution < -0.4 is 4.90 Å². The molecule has 0 aliphatic carbocycles. The van der Waals surface area contributed by atoms with Crippen molar-refractivity contribution in [2.75, 3.05) is 19.0 Å². The first-order valence-corrected chi connectivity index (χ1v) is 8.40. The van der Waals surface area contributed by atoms with Crippen LogP contribution in [0.1, 0.15) is 50.1 Å². The maximum atomic E-state index is 4.14. The molecule has 2 rings (SSSR count). The van der Waals surface area contributed by atoms with Crippen molar-refractivity contribution < 1.29 is 0 Å². The van der Waals surface area contributed by atoms with Crippen LogP contribution in [0.2, 0.25) is 0 Å². The fourth-order valence-electron chi connectivity index (χ4n) is 1.74. The molecule has 0 aromatic carbocycles. The molecule has 3 heteroatoms. The largest absolute Gasteiger partial charge is 0.377 e. The normalized spacial score (nSPS) is 8.43. The molecule has 0 amide bonds. The molecule has 2 heterocycles. The van der Waals surface area contributed by atoms with Crippen LogP contribution in [0, 0.1) is 27.7 Å². The summed E-state index contributed by atoms with van der Waals surface area (Å²) in [4.78, 5) is 10.2. The molecular formula is C20H35N3. The van der Waals surface area contributed by atoms with Gasteiger partial charge in [0.15, 0.2) is 0 Å². The highest BCUT2D eigenvalue weighted by Crippen LogP contribution is 2.13. The second kappa shape index (κ2) is 13.7. The zero-order chi connectivity index (χ0) is 18.4. The minimum Gasteiger partial charge on any atom is -0.377 e. The molecule has 0 saturated carbocycles. The number of anilines is 1. The van der Waals surface area contributed by atoms with E-state index in [-0.39, 0.29) is 0 Å². The number of hydrogen-bond acceptors (Lipinski definition) is 3. The maximum absolute atomic E-state index is 4.14. The summed E-state index contributed by atoms with van der Waals surface area (Å²) in [7, 11) is 4.06. The number of hydrogen-bond donors (Lipinski definition) is 0. The molecule has 3 nitrogen and oxygen atoms in total. The van der Waals surface area contributed by atoms with E-state index in [0.29, 0.717) is 0 Å². The van der Waals surface area contributed by atoms with Gasteiger partial charge in [0.2, 0.25) is 0 Å². The predicted molar refractivity (Wildman–Crippen MR) is 104 cm³/mol. The predicted octanol–water partition coefficient (Wildman–Crippen LogP) is 5.52. The summed E-state index contributed by atoms with van der Waals surface area (Å²) >= 11 is 0. The maximum Gasteiger partial charge on any atom is 0.0421 e. The highest BCUT2D eigenvalue weighted by Gasteiger charge is 1.96. The average molecular weight is 318 g/mol. The molecule has 0 atom stereocenters. The van der Waals surface area contributed by atoms with Gasteiger partial charge in [0.1, 0.15) is 0 Å². The Balaban J connectivity index is 0. The summed E-state index contributed by atoms with van der Waals surface area (Å²) in [6, 6.07) is 4.04. The van der Waals surface area contributed by atoms with Gasteiger partial charge in [0, 0.05) is 44.1 Å². The van der Waals surface area contributed by atoms with E-state index >= 15 is 0 Å². The zero-order valence-electron chi connectivity index (χ0n) is 16.7. The molecule has 0 bridgehead atoms. The van der Waals surface area contributed by atoms with Crippen LogP contribution in [0.15, 0.2) is 30.7 Å². The summed E-state index contributed by atoms with van der Waals surface area (Å²) in [6.45, 7) is 16.3. The van der Waals surface area contributed by atoms with Crippen LogP contribution in [-0.4, -0.2) is 24.1 Å². The van der Waals surface area contributed by atoms with E-state index in [1.54, 1.807) is 0 Å². The molecule has 2 aromatic rings. The molecule has 0 fully saturated rings. The second-order valence-electron chi connectivity index (χ2n) is 4.89. The van der Waals surface area contributed by atoms with E-state index in [0.717, 1.165) is 5.69 Å². The van der Waals surface area contributed by atoms with Crippen LogP contribution in [0.5, 0.6) is 0 Å². The van der Waals surface area contributed by atoms with E-state index < -0.39 is 0 Å². The van der Waals surface area contributed by atoms with Gasteiger partial charge in [0.05, 0.1) is 0 Å². The van der Waals surface area contributed by atoms with Crippen molar-refractivity contribution in [3.8, 4) is 0 Å². The summed E-state index contributed by atoms with van der Waals surface area (Å²) in [5.74, 6) is 0. The number of rotatable bonds is 1. The smallest absolute Gasteiger partial charge is 0.0421 e. The fourth-order valence-corrected chi connectivity index (χ4v) is 1.74. The number of nitrogens with zero attached hydrogens (tertiary/aromatic N) is 3. The van der Waals surface area contributed by atoms with Crippen LogP contribution in [0.4, 0.5) is 5.69 Å². The summed E-state index contributed by atoms with van der Waals surface area (Å²) in [5.41, 5.74) is 6.21. The minimum atomic E-state index is 1.13. The van der Waals surface area contributed by atoms with Crippen molar-refractivity contribution in [2.45, 2.75) is 55.4 Å². The topological polar surface area (TPSA) is 29.0 Å². The van der Waals surface area contributed by atoms with Gasteiger partial charge in [-0.15, -0.1) is 0 Å². The molecule has 0 radical (unpaired) electrons. The average Bonchev–Trinajstić information content (AvgIpc) is 2.57. The molecule has 0 spiro atoms. The lowest BCUT2D eigenvalue weighted by Gasteiger charge is -2.13. The van der Waals surface area contributed by atoms with Crippen molar-refractivity contribution in [2.24, 2.45) is 0 Å². The van der Waals surface area contributed by atoms with Gasteiger partial charge in [0.25, 0.3) is 0 Å². The molecule has 130 valence electrons. The van der Waals surface area contributed by atoms with E-state index in [4.69, 9.17) is 0 Å². The van der Waals surface area contributed by atoms with Crippen LogP contribution in [0.3, 0.4) is 0 Å². The third kappa shape index (κ3) is 8.97. The second-order valence-corrected chi connectivity index (χ2v) is 4.89. The van der Waals surface area contributed by atoms with Gasteiger partial charge in [-0.05, 0) is 56.5 Å². The Bertz CT molecular complexity index is 514. The van der Waals surface area contributed by atoms with E-state index in [1.807, 2.05) is 79.4 Å². The molecule has 0 saturated heterocycles. The van der Waals surface area contributed by atoms with Crippen molar-refractivity contribution in [3.63, 3.8) is 0 Å². The number of aromatic nitrogens is 2. The van der Waals surface area contributed by atoms with Gasteiger partial charge in [-0.1, -0.05) is 27.7 Å². The van der Waals surface area contributed by atoms with Gasteiger partial charge < -0.3 is 4.90 Å². The Morgan fingerprint density at radius 3 is 1.70 bits per heavy atom. The summed E-state index contributed by atoms with van der Waals surface area (Å²) in [6.07, 6.45) is 5.52. The van der Waals surface area contributed by atoms with Crippen molar-refractivity contribution in [3.05, 3.63) is 53.1 Å². The molecule has 0 aliphatic heterocycles. The first-order valence-electron chi connectivity index (χ1n) is 8.40. The van der Waals surface area contributed by atoms with Crippen molar-refractivity contribution >= 4 is 5.69 Å². The van der Waals surface area contributed by atoms with Crippen LogP contribution in [-0.2, 0) is 0 Å². The summed E-state index contributed by atoms with van der Waals surface area (Å²) < 4.78 is 0. The Kier molecular flexibility index (Phi) is 14.0. The van der Waals surface area contributed by atoms with E-state index in [1.165, 1.54) is 22.4 Å². The standard InChI is InChI=1S/C8H12N2.C8H11N.2C2H6/c1-7-6-9-5-4-8(7)10(2)3;1-6-4-5-9-8(3)7(6)2;2*1-2/h4-6H,1-3H3;4-5H,1-3H3;2*1-2H3. The molecule has 23 heavy (non-hydrogen) atoms. The quantitative estimate of drug-likeness (QED) is 0.694. The molecular weight excluding hydrogens is 282 g/mol. The van der Waals surface area contributed by atoms with Crippen molar-refractivity contribution in [1.82, 2.24) is 9.97 Å². The third-order valence-electron chi connectivity index (χ3n) is 3.20. The number of pyridine rings is 2. The minimum absolute atomic E-state index is 1.13. The van der Waals surface area contributed by atoms with Crippen LogP contribution in [0.25, 0.3) is 0 Å². The van der Waals surface area contributed by atoms with Gasteiger partial charge in [-0.2, -0.15) is 0 Å². The summed E-state index contributed by atoms with van der Waals surface area (Å²) in [5, 5.41) is 0. The SMILES string of the molecule is CC.CC.Cc1ccnc(C)c1C.Cc1cnccc1N(C)C. The Morgan fingerprint density at radius 1 is 0.783 bits per heavy atom. The van der Waals surface area contributed by atoms with Gasteiger partial charge in [-0.3, -0.25) is 9.97 Å². The first kappa shape index (κ1) is 23.4. The Labute approximate surface area is 143 Å². The number of aryl methyl sites for hydroxylation is 3. The van der Waals surface area contributed by atoms with Gasteiger partial charge >= 0.3 is 0 Å². The lowest BCUT2D eigenvalue weighted by Crippen LogP contribution is -2.09. The highest BCUT2D eigenvalue weighted by molar-refractivity contribution is 5.49. The molecule has 2 aromatic heterocycles. The molecule has 0 unspecified atom stereocenters. The monoisotopic (exact) mass is 317 g/mol. The Hall–Kier alpha value is -1.90. The van der Waals surface area contributed by atoms with E-state index in [9.17, 15) is 0 Å². The van der Waals surface area contributed by atoms with E-state index in [2.05, 4.69) is 35.6 Å². The van der Waals surface area contributed by atoms with Gasteiger partial charge in [-0.25, -0.2) is 0 Å². The first-order chi connectivity index (χ1) is 10.9. The third-order valence-corrected chi connectivity index (χ3v) is 3.20. The lowest BCUT2D eigenvalue weighted by molar-refractivity contribution is 1.10. The zero-order valence-corrected chi connectivity index (χ0v) is 16.7.